The van der Waals surface area contributed by atoms with Crippen molar-refractivity contribution >= 4 is 16.5 Å². The number of rotatable bonds is 4. The second-order valence-corrected chi connectivity index (χ2v) is 5.65. The van der Waals surface area contributed by atoms with Crippen LogP contribution in [0.15, 0.2) is 46.4 Å². The first-order valence-electron chi connectivity index (χ1n) is 6.52. The molecule has 0 amide bonds. The van der Waals surface area contributed by atoms with Gasteiger partial charge in [-0.15, -0.1) is 11.3 Å². The van der Waals surface area contributed by atoms with E-state index in [4.69, 9.17) is 4.42 Å². The summed E-state index contributed by atoms with van der Waals surface area (Å²) in [5.74, 6) is 0.911. The summed E-state index contributed by atoms with van der Waals surface area (Å²) in [6, 6.07) is 10.3. The lowest BCUT2D eigenvalue weighted by Crippen LogP contribution is -1.97. The predicted molar refractivity (Wildman–Crippen MR) is 83.1 cm³/mol. The number of anilines is 1. The van der Waals surface area contributed by atoms with Crippen molar-refractivity contribution in [3.63, 3.8) is 0 Å². The first-order chi connectivity index (χ1) is 9.72. The molecule has 0 radical (unpaired) electrons. The number of hydrogen-bond acceptors (Lipinski definition) is 4. The number of nitrogens with zero attached hydrogens (tertiary/aromatic N) is 1. The number of hydrogen-bond donors (Lipinski definition) is 1. The van der Waals surface area contributed by atoms with Crippen LogP contribution in [0.25, 0.3) is 11.3 Å². The highest BCUT2D eigenvalue weighted by molar-refractivity contribution is 7.14. The number of furan rings is 1. The molecule has 2 heterocycles. The highest BCUT2D eigenvalue weighted by atomic mass is 32.1. The van der Waals surface area contributed by atoms with Crippen LogP contribution in [0.4, 0.5) is 5.13 Å². The first kappa shape index (κ1) is 12.9. The number of aryl methyl sites for hydroxylation is 2. The molecule has 0 bridgehead atoms. The molecule has 0 aliphatic rings. The molecule has 20 heavy (non-hydrogen) atoms. The van der Waals surface area contributed by atoms with E-state index in [1.807, 2.05) is 12.1 Å². The molecule has 3 aromatic rings. The molecule has 3 rings (SSSR count). The van der Waals surface area contributed by atoms with E-state index >= 15 is 0 Å². The highest BCUT2D eigenvalue weighted by Crippen LogP contribution is 2.28. The monoisotopic (exact) mass is 284 g/mol. The maximum absolute atomic E-state index is 5.30. The second kappa shape index (κ2) is 5.51. The van der Waals surface area contributed by atoms with E-state index < -0.39 is 0 Å². The SMILES string of the molecule is Cc1ccc(C)c(-c2csc(NCc3ccco3)n2)c1. The van der Waals surface area contributed by atoms with E-state index in [1.165, 1.54) is 16.7 Å². The molecule has 0 saturated heterocycles. The number of nitrogens with one attached hydrogen (secondary N) is 1. The van der Waals surface area contributed by atoms with Gasteiger partial charge in [0.25, 0.3) is 0 Å². The van der Waals surface area contributed by atoms with Gasteiger partial charge in [0, 0.05) is 10.9 Å². The predicted octanol–water partition coefficient (Wildman–Crippen LogP) is 4.63. The highest BCUT2D eigenvalue weighted by Gasteiger charge is 2.07. The Bertz CT molecular complexity index is 701. The van der Waals surface area contributed by atoms with Crippen LogP contribution in [0.5, 0.6) is 0 Å². The fourth-order valence-corrected chi connectivity index (χ4v) is 2.78. The summed E-state index contributed by atoms with van der Waals surface area (Å²) in [5, 5.41) is 6.29. The molecule has 3 nitrogen and oxygen atoms in total. The van der Waals surface area contributed by atoms with Gasteiger partial charge in [-0.25, -0.2) is 4.98 Å². The van der Waals surface area contributed by atoms with Crippen molar-refractivity contribution in [2.24, 2.45) is 0 Å². The zero-order chi connectivity index (χ0) is 13.9. The number of aromatic nitrogens is 1. The molecule has 1 aromatic carbocycles. The Kier molecular flexibility index (Phi) is 3.56. The number of benzene rings is 1. The third-order valence-corrected chi connectivity index (χ3v) is 3.97. The van der Waals surface area contributed by atoms with E-state index in [1.54, 1.807) is 17.6 Å². The Hall–Kier alpha value is -2.07. The molecule has 0 saturated carbocycles. The minimum atomic E-state index is 0.659. The Morgan fingerprint density at radius 1 is 1.25 bits per heavy atom. The summed E-state index contributed by atoms with van der Waals surface area (Å²) < 4.78 is 5.30. The summed E-state index contributed by atoms with van der Waals surface area (Å²) in [5.41, 5.74) is 4.73. The van der Waals surface area contributed by atoms with Crippen LogP contribution in [-0.4, -0.2) is 4.98 Å². The minimum Gasteiger partial charge on any atom is -0.467 e. The molecule has 2 aromatic heterocycles. The quantitative estimate of drug-likeness (QED) is 0.759. The van der Waals surface area contributed by atoms with Crippen molar-refractivity contribution in [1.82, 2.24) is 4.98 Å². The van der Waals surface area contributed by atoms with Gasteiger partial charge in [0.1, 0.15) is 5.76 Å². The zero-order valence-corrected chi connectivity index (χ0v) is 12.3. The van der Waals surface area contributed by atoms with E-state index in [2.05, 4.69) is 47.7 Å². The lowest BCUT2D eigenvalue weighted by molar-refractivity contribution is 0.518. The topological polar surface area (TPSA) is 38.1 Å². The summed E-state index contributed by atoms with van der Waals surface area (Å²) in [6.07, 6.45) is 1.68. The smallest absolute Gasteiger partial charge is 0.183 e. The van der Waals surface area contributed by atoms with Gasteiger partial charge < -0.3 is 9.73 Å². The molecule has 0 unspecified atom stereocenters. The van der Waals surface area contributed by atoms with Crippen LogP contribution in [0, 0.1) is 13.8 Å². The molecule has 0 atom stereocenters. The Morgan fingerprint density at radius 3 is 2.95 bits per heavy atom. The second-order valence-electron chi connectivity index (χ2n) is 4.79. The average Bonchev–Trinajstić information content (AvgIpc) is 3.10. The Labute approximate surface area is 122 Å². The zero-order valence-electron chi connectivity index (χ0n) is 11.5. The number of thiazole rings is 1. The van der Waals surface area contributed by atoms with Crippen molar-refractivity contribution in [2.75, 3.05) is 5.32 Å². The fourth-order valence-electron chi connectivity index (χ4n) is 2.07. The maximum atomic E-state index is 5.30. The van der Waals surface area contributed by atoms with E-state index in [0.717, 1.165) is 16.6 Å². The van der Waals surface area contributed by atoms with Crippen LogP contribution in [0.1, 0.15) is 16.9 Å². The molecule has 4 heteroatoms. The lowest BCUT2D eigenvalue weighted by atomic mass is 10.0. The van der Waals surface area contributed by atoms with Gasteiger partial charge in [-0.05, 0) is 37.6 Å². The third-order valence-electron chi connectivity index (χ3n) is 3.17. The van der Waals surface area contributed by atoms with Crippen LogP contribution in [-0.2, 0) is 6.54 Å². The third kappa shape index (κ3) is 2.75. The van der Waals surface area contributed by atoms with Gasteiger partial charge in [-0.2, -0.15) is 0 Å². The van der Waals surface area contributed by atoms with Crippen molar-refractivity contribution in [1.29, 1.82) is 0 Å². The largest absolute Gasteiger partial charge is 0.467 e. The van der Waals surface area contributed by atoms with Crippen molar-refractivity contribution in [2.45, 2.75) is 20.4 Å². The van der Waals surface area contributed by atoms with Gasteiger partial charge in [0.2, 0.25) is 0 Å². The van der Waals surface area contributed by atoms with E-state index in [-0.39, 0.29) is 0 Å². The van der Waals surface area contributed by atoms with E-state index in [9.17, 15) is 0 Å². The molecule has 102 valence electrons. The minimum absolute atomic E-state index is 0.659. The standard InChI is InChI=1S/C16H16N2OS/c1-11-5-6-12(2)14(8-11)15-10-20-16(18-15)17-9-13-4-3-7-19-13/h3-8,10H,9H2,1-2H3,(H,17,18). The van der Waals surface area contributed by atoms with Gasteiger partial charge in [-0.1, -0.05) is 17.7 Å². The molecule has 0 aliphatic heterocycles. The molecule has 1 N–H and O–H groups in total. The van der Waals surface area contributed by atoms with E-state index in [0.29, 0.717) is 6.54 Å². The summed E-state index contributed by atoms with van der Waals surface area (Å²) in [4.78, 5) is 4.65. The first-order valence-corrected chi connectivity index (χ1v) is 7.40. The van der Waals surface area contributed by atoms with Crippen molar-refractivity contribution in [3.05, 3.63) is 58.9 Å². The van der Waals surface area contributed by atoms with Crippen molar-refractivity contribution < 1.29 is 4.42 Å². The summed E-state index contributed by atoms with van der Waals surface area (Å²) >= 11 is 1.62. The van der Waals surface area contributed by atoms with Crippen LogP contribution in [0.2, 0.25) is 0 Å². The maximum Gasteiger partial charge on any atom is 0.183 e. The van der Waals surface area contributed by atoms with Gasteiger partial charge in [-0.3, -0.25) is 0 Å². The average molecular weight is 284 g/mol. The van der Waals surface area contributed by atoms with Gasteiger partial charge in [0.15, 0.2) is 5.13 Å². The van der Waals surface area contributed by atoms with Gasteiger partial charge >= 0.3 is 0 Å². The summed E-state index contributed by atoms with van der Waals surface area (Å²) in [6.45, 7) is 4.88. The lowest BCUT2D eigenvalue weighted by Gasteiger charge is -2.04. The molecular weight excluding hydrogens is 268 g/mol. The normalized spacial score (nSPS) is 10.7. The summed E-state index contributed by atoms with van der Waals surface area (Å²) in [7, 11) is 0. The molecule has 0 spiro atoms. The fraction of sp³-hybridized carbons (Fsp3) is 0.188. The van der Waals surface area contributed by atoms with Gasteiger partial charge in [0.05, 0.1) is 18.5 Å². The van der Waals surface area contributed by atoms with Crippen molar-refractivity contribution in [3.8, 4) is 11.3 Å². The van der Waals surface area contributed by atoms with Crippen LogP contribution >= 0.6 is 11.3 Å². The Morgan fingerprint density at radius 2 is 2.15 bits per heavy atom. The molecule has 0 aliphatic carbocycles. The van der Waals surface area contributed by atoms with Crippen LogP contribution in [0.3, 0.4) is 0 Å². The Balaban J connectivity index is 1.77. The molecule has 0 fully saturated rings. The van der Waals surface area contributed by atoms with Crippen LogP contribution < -0.4 is 5.32 Å². The molecular formula is C16H16N2OS.